The molecule has 0 bridgehead atoms. The zero-order chi connectivity index (χ0) is 17.6. The van der Waals surface area contributed by atoms with Crippen molar-refractivity contribution in [3.8, 4) is 5.75 Å². The largest absolute Gasteiger partial charge is 0.495 e. The summed E-state index contributed by atoms with van der Waals surface area (Å²) in [6, 6.07) is 12.9. The van der Waals surface area contributed by atoms with E-state index in [1.165, 1.54) is 0 Å². The fourth-order valence-electron chi connectivity index (χ4n) is 2.11. The van der Waals surface area contributed by atoms with Crippen LogP contribution in [0.3, 0.4) is 0 Å². The summed E-state index contributed by atoms with van der Waals surface area (Å²) in [5.41, 5.74) is 1.82. The van der Waals surface area contributed by atoms with Crippen molar-refractivity contribution in [1.82, 2.24) is 15.2 Å². The fraction of sp³-hybridized carbons (Fsp3) is 0.118. The van der Waals surface area contributed by atoms with Gasteiger partial charge in [0, 0.05) is 17.3 Å². The van der Waals surface area contributed by atoms with E-state index in [0.717, 1.165) is 11.3 Å². The number of aromatic nitrogens is 3. The molecule has 25 heavy (non-hydrogen) atoms. The lowest BCUT2D eigenvalue weighted by Gasteiger charge is -2.09. The van der Waals surface area contributed by atoms with Crippen LogP contribution in [-0.2, 0) is 6.54 Å². The van der Waals surface area contributed by atoms with Crippen molar-refractivity contribution in [3.05, 3.63) is 64.3 Å². The first-order valence-corrected chi connectivity index (χ1v) is 8.18. The highest BCUT2D eigenvalue weighted by molar-refractivity contribution is 6.32. The predicted molar refractivity (Wildman–Crippen MR) is 99.9 cm³/mol. The Morgan fingerprint density at radius 3 is 2.60 bits per heavy atom. The quantitative estimate of drug-likeness (QED) is 0.658. The zero-order valence-corrected chi connectivity index (χ0v) is 14.8. The van der Waals surface area contributed by atoms with Gasteiger partial charge in [-0.3, -0.25) is 0 Å². The molecule has 0 radical (unpaired) electrons. The van der Waals surface area contributed by atoms with Crippen LogP contribution < -0.4 is 15.4 Å². The number of halogens is 2. The summed E-state index contributed by atoms with van der Waals surface area (Å²) < 4.78 is 5.13. The molecular formula is C17H15Cl2N5O. The van der Waals surface area contributed by atoms with Crippen LogP contribution in [0.1, 0.15) is 5.56 Å². The van der Waals surface area contributed by atoms with E-state index in [2.05, 4.69) is 25.8 Å². The Hall–Kier alpha value is -2.57. The van der Waals surface area contributed by atoms with Crippen LogP contribution in [0.15, 0.2) is 48.7 Å². The monoisotopic (exact) mass is 375 g/mol. The van der Waals surface area contributed by atoms with Crippen LogP contribution in [0.25, 0.3) is 0 Å². The van der Waals surface area contributed by atoms with Crippen molar-refractivity contribution in [1.29, 1.82) is 0 Å². The molecule has 128 valence electrons. The Bertz CT molecular complexity index is 858. The molecule has 0 aliphatic heterocycles. The zero-order valence-electron chi connectivity index (χ0n) is 13.3. The molecule has 6 nitrogen and oxygen atoms in total. The summed E-state index contributed by atoms with van der Waals surface area (Å²) in [5.74, 6) is 1.57. The van der Waals surface area contributed by atoms with E-state index < -0.39 is 0 Å². The Balaban J connectivity index is 1.66. The number of nitrogens with zero attached hydrogens (tertiary/aromatic N) is 3. The summed E-state index contributed by atoms with van der Waals surface area (Å²) >= 11 is 12.0. The number of hydrogen-bond donors (Lipinski definition) is 2. The highest BCUT2D eigenvalue weighted by Crippen LogP contribution is 2.28. The number of methoxy groups -OCH3 is 1. The molecular weight excluding hydrogens is 361 g/mol. The molecule has 2 N–H and O–H groups in total. The minimum Gasteiger partial charge on any atom is -0.495 e. The van der Waals surface area contributed by atoms with E-state index in [4.69, 9.17) is 27.9 Å². The van der Waals surface area contributed by atoms with Gasteiger partial charge in [0.1, 0.15) is 5.75 Å². The van der Waals surface area contributed by atoms with E-state index in [0.29, 0.717) is 34.1 Å². The van der Waals surface area contributed by atoms with Gasteiger partial charge in [0.05, 0.1) is 18.3 Å². The van der Waals surface area contributed by atoms with Crippen LogP contribution in [0, 0.1) is 0 Å². The lowest BCUT2D eigenvalue weighted by atomic mass is 10.2. The van der Waals surface area contributed by atoms with Crippen molar-refractivity contribution in [2.75, 3.05) is 17.7 Å². The molecule has 0 aliphatic rings. The van der Waals surface area contributed by atoms with Gasteiger partial charge in [0.25, 0.3) is 0 Å². The molecule has 0 fully saturated rings. The second-order valence-electron chi connectivity index (χ2n) is 5.12. The van der Waals surface area contributed by atoms with Gasteiger partial charge in [0.15, 0.2) is 5.82 Å². The first-order valence-electron chi connectivity index (χ1n) is 7.42. The normalized spacial score (nSPS) is 10.4. The molecule has 0 unspecified atom stereocenters. The van der Waals surface area contributed by atoms with Crippen LogP contribution >= 0.6 is 23.2 Å². The topological polar surface area (TPSA) is 72.0 Å². The number of rotatable bonds is 6. The lowest BCUT2D eigenvalue weighted by Crippen LogP contribution is -2.05. The smallest absolute Gasteiger partial charge is 0.249 e. The Morgan fingerprint density at radius 2 is 1.88 bits per heavy atom. The molecule has 0 aliphatic carbocycles. The maximum Gasteiger partial charge on any atom is 0.249 e. The van der Waals surface area contributed by atoms with Gasteiger partial charge < -0.3 is 15.4 Å². The molecule has 3 aromatic rings. The van der Waals surface area contributed by atoms with Crippen LogP contribution in [0.4, 0.5) is 17.5 Å². The summed E-state index contributed by atoms with van der Waals surface area (Å²) in [4.78, 5) is 4.38. The number of ether oxygens (including phenoxy) is 1. The second kappa shape index (κ2) is 8.00. The van der Waals surface area contributed by atoms with Gasteiger partial charge in [-0.1, -0.05) is 35.3 Å². The molecule has 8 heteroatoms. The third kappa shape index (κ3) is 4.71. The average molecular weight is 376 g/mol. The van der Waals surface area contributed by atoms with Crippen molar-refractivity contribution in [3.63, 3.8) is 0 Å². The number of hydrogen-bond acceptors (Lipinski definition) is 6. The van der Waals surface area contributed by atoms with Gasteiger partial charge in [0.2, 0.25) is 5.95 Å². The Morgan fingerprint density at radius 1 is 1.08 bits per heavy atom. The van der Waals surface area contributed by atoms with Crippen molar-refractivity contribution in [2.45, 2.75) is 6.54 Å². The number of benzene rings is 2. The summed E-state index contributed by atoms with van der Waals surface area (Å²) in [6.07, 6.45) is 1.56. The standard InChI is InChI=1S/C17H15Cl2N5O/c1-25-15-7-6-13(8-14(15)19)22-17-23-16(10-21-24-17)20-9-11-2-4-12(18)5-3-11/h2-8,10H,9H2,1H3,(H2,20,22,23,24). The van der Waals surface area contributed by atoms with Crippen molar-refractivity contribution in [2.24, 2.45) is 0 Å². The molecule has 1 aromatic heterocycles. The van der Waals surface area contributed by atoms with E-state index in [1.54, 1.807) is 25.4 Å². The molecule has 3 rings (SSSR count). The number of anilines is 3. The van der Waals surface area contributed by atoms with Gasteiger partial charge in [-0.05, 0) is 35.9 Å². The van der Waals surface area contributed by atoms with Crippen LogP contribution in [0.2, 0.25) is 10.0 Å². The van der Waals surface area contributed by atoms with E-state index in [9.17, 15) is 0 Å². The molecule has 1 heterocycles. The lowest BCUT2D eigenvalue weighted by molar-refractivity contribution is 0.415. The third-order valence-electron chi connectivity index (χ3n) is 3.35. The first-order chi connectivity index (χ1) is 12.1. The van der Waals surface area contributed by atoms with Crippen molar-refractivity contribution < 1.29 is 4.74 Å². The summed E-state index contributed by atoms with van der Waals surface area (Å²) in [5, 5.41) is 15.4. The molecule has 0 atom stereocenters. The SMILES string of the molecule is COc1ccc(Nc2nncc(NCc3ccc(Cl)cc3)n2)cc1Cl. The highest BCUT2D eigenvalue weighted by Gasteiger charge is 2.05. The van der Waals surface area contributed by atoms with E-state index in [1.807, 2.05) is 30.3 Å². The number of nitrogens with one attached hydrogen (secondary N) is 2. The Labute approximate surface area is 155 Å². The molecule has 0 saturated carbocycles. The fourth-order valence-corrected chi connectivity index (χ4v) is 2.49. The van der Waals surface area contributed by atoms with Crippen molar-refractivity contribution >= 4 is 40.7 Å². The Kier molecular flexibility index (Phi) is 5.53. The van der Waals surface area contributed by atoms with E-state index >= 15 is 0 Å². The van der Waals surface area contributed by atoms with Crippen LogP contribution in [-0.4, -0.2) is 22.3 Å². The maximum atomic E-state index is 6.11. The summed E-state index contributed by atoms with van der Waals surface area (Å²) in [6.45, 7) is 0.601. The second-order valence-corrected chi connectivity index (χ2v) is 5.96. The third-order valence-corrected chi connectivity index (χ3v) is 3.90. The van der Waals surface area contributed by atoms with Gasteiger partial charge >= 0.3 is 0 Å². The predicted octanol–water partition coefficient (Wildman–Crippen LogP) is 4.54. The minimum absolute atomic E-state index is 0.363. The maximum absolute atomic E-state index is 6.11. The first kappa shape index (κ1) is 17.3. The van der Waals surface area contributed by atoms with E-state index in [-0.39, 0.29) is 0 Å². The molecule has 2 aromatic carbocycles. The minimum atomic E-state index is 0.363. The summed E-state index contributed by atoms with van der Waals surface area (Å²) in [7, 11) is 1.57. The van der Waals surface area contributed by atoms with Crippen LogP contribution in [0.5, 0.6) is 5.75 Å². The molecule has 0 spiro atoms. The average Bonchev–Trinajstić information content (AvgIpc) is 2.62. The molecule has 0 saturated heterocycles. The molecule has 0 amide bonds. The van der Waals surface area contributed by atoms with Gasteiger partial charge in [-0.15, -0.1) is 5.10 Å². The highest BCUT2D eigenvalue weighted by atomic mass is 35.5. The van der Waals surface area contributed by atoms with Gasteiger partial charge in [-0.2, -0.15) is 10.1 Å². The van der Waals surface area contributed by atoms with Gasteiger partial charge in [-0.25, -0.2) is 0 Å².